The normalized spacial score (nSPS) is 14.5. The lowest BCUT2D eigenvalue weighted by atomic mass is 9.87. The van der Waals surface area contributed by atoms with Crippen LogP contribution >= 0.6 is 0 Å². The molecule has 1 aliphatic rings. The fourth-order valence-corrected chi connectivity index (χ4v) is 3.57. The van der Waals surface area contributed by atoms with Crippen LogP contribution in [-0.4, -0.2) is 54.5 Å². The molecule has 0 saturated carbocycles. The van der Waals surface area contributed by atoms with Gasteiger partial charge in [-0.25, -0.2) is 0 Å². The van der Waals surface area contributed by atoms with E-state index in [1.165, 1.54) is 5.56 Å². The predicted molar refractivity (Wildman–Crippen MR) is 119 cm³/mol. The molecule has 0 bridgehead atoms. The molecule has 0 spiro atoms. The smallest absolute Gasteiger partial charge is 0.251 e. The fraction of sp³-hybridized carbons (Fsp3) is 0.417. The summed E-state index contributed by atoms with van der Waals surface area (Å²) < 4.78 is 0. The van der Waals surface area contributed by atoms with Gasteiger partial charge in [0, 0.05) is 56.5 Å². The maximum atomic E-state index is 12.5. The molecule has 0 atom stereocenters. The molecule has 3 rings (SSSR count). The Bertz CT molecular complexity index is 879. The number of anilines is 1. The van der Waals surface area contributed by atoms with E-state index in [9.17, 15) is 14.7 Å². The third-order valence-electron chi connectivity index (χ3n) is 5.46. The summed E-state index contributed by atoms with van der Waals surface area (Å²) in [6.45, 7) is 9.45. The standard InChI is InChI=1S/C24H31N3O3/c1-24(2,3)19-9-7-18(8-10-19)23(30)25-12-11-22(29)27-15-13-26(14-16-27)20-5-4-6-21(28)17-20/h4-10,17,28H,11-16H2,1-3H3,(H,25,30). The number of nitrogens with zero attached hydrogens (tertiary/aromatic N) is 2. The molecular weight excluding hydrogens is 378 g/mol. The van der Waals surface area contributed by atoms with Crippen LogP contribution in [0.15, 0.2) is 48.5 Å². The van der Waals surface area contributed by atoms with Crippen molar-refractivity contribution in [3.63, 3.8) is 0 Å². The van der Waals surface area contributed by atoms with Crippen molar-refractivity contribution in [2.45, 2.75) is 32.6 Å². The van der Waals surface area contributed by atoms with Crippen molar-refractivity contribution < 1.29 is 14.7 Å². The third-order valence-corrected chi connectivity index (χ3v) is 5.46. The summed E-state index contributed by atoms with van der Waals surface area (Å²) >= 11 is 0. The van der Waals surface area contributed by atoms with Crippen molar-refractivity contribution in [2.24, 2.45) is 0 Å². The zero-order valence-electron chi connectivity index (χ0n) is 18.0. The summed E-state index contributed by atoms with van der Waals surface area (Å²) in [5.41, 5.74) is 2.80. The first kappa shape index (κ1) is 21.7. The number of piperazine rings is 1. The summed E-state index contributed by atoms with van der Waals surface area (Å²) in [5.74, 6) is 0.140. The predicted octanol–water partition coefficient (Wildman–Crippen LogP) is 3.16. The summed E-state index contributed by atoms with van der Waals surface area (Å²) in [7, 11) is 0. The number of benzene rings is 2. The van der Waals surface area contributed by atoms with Crippen LogP contribution in [0.4, 0.5) is 5.69 Å². The van der Waals surface area contributed by atoms with Crippen LogP contribution in [0, 0.1) is 0 Å². The molecule has 1 fully saturated rings. The van der Waals surface area contributed by atoms with Crippen LogP contribution in [-0.2, 0) is 10.2 Å². The summed E-state index contributed by atoms with van der Waals surface area (Å²) in [6, 6.07) is 14.8. The first-order valence-electron chi connectivity index (χ1n) is 10.4. The van der Waals surface area contributed by atoms with Gasteiger partial charge in [-0.1, -0.05) is 39.0 Å². The average Bonchev–Trinajstić information content (AvgIpc) is 2.73. The molecule has 0 aromatic heterocycles. The Labute approximate surface area is 178 Å². The lowest BCUT2D eigenvalue weighted by Crippen LogP contribution is -2.49. The van der Waals surface area contributed by atoms with Crippen molar-refractivity contribution in [3.05, 3.63) is 59.7 Å². The summed E-state index contributed by atoms with van der Waals surface area (Å²) in [4.78, 5) is 28.8. The molecule has 0 radical (unpaired) electrons. The SMILES string of the molecule is CC(C)(C)c1ccc(C(=O)NCCC(=O)N2CCN(c3cccc(O)c3)CC2)cc1. The fourth-order valence-electron chi connectivity index (χ4n) is 3.57. The van der Waals surface area contributed by atoms with E-state index in [-0.39, 0.29) is 29.4 Å². The van der Waals surface area contributed by atoms with Crippen molar-refractivity contribution in [1.82, 2.24) is 10.2 Å². The second-order valence-corrected chi connectivity index (χ2v) is 8.72. The van der Waals surface area contributed by atoms with E-state index in [2.05, 4.69) is 31.0 Å². The molecule has 160 valence electrons. The van der Waals surface area contributed by atoms with Gasteiger partial charge in [-0.05, 0) is 35.2 Å². The molecule has 2 aromatic carbocycles. The van der Waals surface area contributed by atoms with Crippen LogP contribution in [0.2, 0.25) is 0 Å². The van der Waals surface area contributed by atoms with E-state index < -0.39 is 0 Å². The van der Waals surface area contributed by atoms with Crippen molar-refractivity contribution in [2.75, 3.05) is 37.6 Å². The largest absolute Gasteiger partial charge is 0.508 e. The summed E-state index contributed by atoms with van der Waals surface area (Å²) in [5, 5.41) is 12.5. The Hall–Kier alpha value is -3.02. The highest BCUT2D eigenvalue weighted by Crippen LogP contribution is 2.22. The molecule has 2 N–H and O–H groups in total. The van der Waals surface area contributed by atoms with E-state index in [0.717, 1.165) is 18.8 Å². The molecule has 1 saturated heterocycles. The highest BCUT2D eigenvalue weighted by atomic mass is 16.3. The van der Waals surface area contributed by atoms with Gasteiger partial charge in [0.2, 0.25) is 5.91 Å². The quantitative estimate of drug-likeness (QED) is 0.796. The van der Waals surface area contributed by atoms with Crippen molar-refractivity contribution in [3.8, 4) is 5.75 Å². The van der Waals surface area contributed by atoms with E-state index in [1.54, 1.807) is 12.1 Å². The van der Waals surface area contributed by atoms with Gasteiger partial charge in [-0.15, -0.1) is 0 Å². The van der Waals surface area contributed by atoms with Crippen LogP contribution in [0.25, 0.3) is 0 Å². The monoisotopic (exact) mass is 409 g/mol. The van der Waals surface area contributed by atoms with Crippen molar-refractivity contribution >= 4 is 17.5 Å². The summed E-state index contributed by atoms with van der Waals surface area (Å²) in [6.07, 6.45) is 0.290. The number of rotatable bonds is 5. The third kappa shape index (κ3) is 5.53. The average molecular weight is 410 g/mol. The highest BCUT2D eigenvalue weighted by Gasteiger charge is 2.21. The molecule has 0 aliphatic carbocycles. The number of hydrogen-bond acceptors (Lipinski definition) is 4. The van der Waals surface area contributed by atoms with Gasteiger partial charge in [-0.2, -0.15) is 0 Å². The van der Waals surface area contributed by atoms with Gasteiger partial charge in [0.15, 0.2) is 0 Å². The first-order chi connectivity index (χ1) is 14.2. The number of carbonyl (C=O) groups excluding carboxylic acids is 2. The van der Waals surface area contributed by atoms with Gasteiger partial charge in [0.25, 0.3) is 5.91 Å². The number of nitrogens with one attached hydrogen (secondary N) is 1. The minimum Gasteiger partial charge on any atom is -0.508 e. The zero-order chi connectivity index (χ0) is 21.7. The Morgan fingerprint density at radius 2 is 1.67 bits per heavy atom. The second-order valence-electron chi connectivity index (χ2n) is 8.72. The van der Waals surface area contributed by atoms with Crippen molar-refractivity contribution in [1.29, 1.82) is 0 Å². The van der Waals surface area contributed by atoms with E-state index in [4.69, 9.17) is 0 Å². The van der Waals surface area contributed by atoms with E-state index in [0.29, 0.717) is 25.2 Å². The van der Waals surface area contributed by atoms with E-state index in [1.807, 2.05) is 41.3 Å². The molecule has 6 heteroatoms. The lowest BCUT2D eigenvalue weighted by molar-refractivity contribution is -0.131. The van der Waals surface area contributed by atoms with Gasteiger partial charge in [-0.3, -0.25) is 9.59 Å². The first-order valence-corrected chi connectivity index (χ1v) is 10.4. The second kappa shape index (κ2) is 9.20. The molecule has 1 aliphatic heterocycles. The Morgan fingerprint density at radius 3 is 2.27 bits per heavy atom. The van der Waals surface area contributed by atoms with Crippen LogP contribution in [0.1, 0.15) is 43.1 Å². The molecule has 1 heterocycles. The van der Waals surface area contributed by atoms with Crippen LogP contribution in [0.5, 0.6) is 5.75 Å². The van der Waals surface area contributed by atoms with Gasteiger partial charge in [0.1, 0.15) is 5.75 Å². The Morgan fingerprint density at radius 1 is 1.00 bits per heavy atom. The number of hydrogen-bond donors (Lipinski definition) is 2. The molecular formula is C24H31N3O3. The number of phenolic OH excluding ortho intramolecular Hbond substituents is 1. The number of amides is 2. The maximum absolute atomic E-state index is 12.5. The van der Waals surface area contributed by atoms with Gasteiger partial charge < -0.3 is 20.2 Å². The number of aromatic hydroxyl groups is 1. The van der Waals surface area contributed by atoms with Gasteiger partial charge in [0.05, 0.1) is 0 Å². The maximum Gasteiger partial charge on any atom is 0.251 e. The molecule has 6 nitrogen and oxygen atoms in total. The topological polar surface area (TPSA) is 72.9 Å². The Balaban J connectivity index is 1.42. The Kier molecular flexibility index (Phi) is 6.65. The van der Waals surface area contributed by atoms with Crippen LogP contribution in [0.3, 0.4) is 0 Å². The molecule has 0 unspecified atom stereocenters. The zero-order valence-corrected chi connectivity index (χ0v) is 18.0. The lowest BCUT2D eigenvalue weighted by Gasteiger charge is -2.36. The number of carbonyl (C=O) groups is 2. The van der Waals surface area contributed by atoms with Gasteiger partial charge >= 0.3 is 0 Å². The highest BCUT2D eigenvalue weighted by molar-refractivity contribution is 5.94. The minimum atomic E-state index is -0.156. The number of phenols is 1. The molecule has 30 heavy (non-hydrogen) atoms. The molecule has 2 amide bonds. The van der Waals surface area contributed by atoms with E-state index >= 15 is 0 Å². The van der Waals surface area contributed by atoms with Crippen LogP contribution < -0.4 is 10.2 Å². The molecule has 2 aromatic rings. The minimum absolute atomic E-state index is 0.0480.